The Labute approximate surface area is 121 Å². The Balaban J connectivity index is 2.61. The highest BCUT2D eigenvalue weighted by molar-refractivity contribution is 7.80. The summed E-state index contributed by atoms with van der Waals surface area (Å²) in [5.74, 6) is 0. The molecule has 0 saturated carbocycles. The topological polar surface area (TPSA) is 44.3 Å². The predicted molar refractivity (Wildman–Crippen MR) is 84.2 cm³/mol. The molecule has 3 nitrogen and oxygen atoms in total. The van der Waals surface area contributed by atoms with Gasteiger partial charge < -0.3 is 15.7 Å². The zero-order chi connectivity index (χ0) is 14.5. The van der Waals surface area contributed by atoms with Crippen molar-refractivity contribution in [1.82, 2.24) is 10.6 Å². The van der Waals surface area contributed by atoms with E-state index in [0.717, 1.165) is 6.42 Å². The van der Waals surface area contributed by atoms with Crippen molar-refractivity contribution in [3.8, 4) is 0 Å². The molecule has 1 aromatic rings. The Hall–Kier alpha value is -1.13. The summed E-state index contributed by atoms with van der Waals surface area (Å²) in [7, 11) is 0. The van der Waals surface area contributed by atoms with Crippen molar-refractivity contribution in [3.63, 3.8) is 0 Å². The number of hydrogen-bond donors (Lipinski definition) is 3. The molecule has 0 aliphatic heterocycles. The summed E-state index contributed by atoms with van der Waals surface area (Å²) < 4.78 is 0. The molecule has 4 heteroatoms. The summed E-state index contributed by atoms with van der Waals surface area (Å²) in [6.45, 7) is 7.93. The van der Waals surface area contributed by atoms with Crippen molar-refractivity contribution in [1.29, 1.82) is 0 Å². The van der Waals surface area contributed by atoms with Crippen LogP contribution in [0.2, 0.25) is 0 Å². The highest BCUT2D eigenvalue weighted by atomic mass is 32.1. The van der Waals surface area contributed by atoms with E-state index in [0.29, 0.717) is 5.11 Å². The number of nitrogens with one attached hydrogen (secondary N) is 2. The number of rotatable bonds is 4. The van der Waals surface area contributed by atoms with Gasteiger partial charge in [-0.25, -0.2) is 0 Å². The molecule has 106 valence electrons. The highest BCUT2D eigenvalue weighted by Crippen LogP contribution is 2.07. The molecular formula is C15H24N2OS. The van der Waals surface area contributed by atoms with Crippen LogP contribution < -0.4 is 10.6 Å². The van der Waals surface area contributed by atoms with Crippen molar-refractivity contribution < 1.29 is 5.11 Å². The van der Waals surface area contributed by atoms with Gasteiger partial charge in [0.2, 0.25) is 0 Å². The summed E-state index contributed by atoms with van der Waals surface area (Å²) in [6.07, 6.45) is 0.268. The van der Waals surface area contributed by atoms with Gasteiger partial charge in [0.1, 0.15) is 0 Å². The van der Waals surface area contributed by atoms with Crippen molar-refractivity contribution in [3.05, 3.63) is 35.9 Å². The summed E-state index contributed by atoms with van der Waals surface area (Å²) in [5.41, 5.74) is 1.10. The van der Waals surface area contributed by atoms with E-state index < -0.39 is 6.10 Å². The number of aliphatic hydroxyl groups is 1. The molecular weight excluding hydrogens is 256 g/mol. The lowest BCUT2D eigenvalue weighted by Gasteiger charge is -2.28. The van der Waals surface area contributed by atoms with E-state index in [1.54, 1.807) is 6.92 Å². The first kappa shape index (κ1) is 15.9. The first-order valence-corrected chi connectivity index (χ1v) is 6.99. The van der Waals surface area contributed by atoms with Gasteiger partial charge in [-0.05, 0) is 51.9 Å². The Kier molecular flexibility index (Phi) is 5.76. The molecule has 0 aliphatic carbocycles. The fraction of sp³-hybridized carbons (Fsp3) is 0.533. The average molecular weight is 280 g/mol. The molecule has 0 saturated heterocycles. The van der Waals surface area contributed by atoms with Gasteiger partial charge in [0.15, 0.2) is 5.11 Å². The second kappa shape index (κ2) is 6.87. The molecule has 3 N–H and O–H groups in total. The fourth-order valence-corrected chi connectivity index (χ4v) is 2.21. The van der Waals surface area contributed by atoms with Gasteiger partial charge in [0.05, 0.1) is 12.1 Å². The zero-order valence-corrected chi connectivity index (χ0v) is 12.9. The van der Waals surface area contributed by atoms with E-state index in [2.05, 4.69) is 43.5 Å². The lowest BCUT2D eigenvalue weighted by Crippen LogP contribution is -2.52. The van der Waals surface area contributed by atoms with E-state index >= 15 is 0 Å². The quantitative estimate of drug-likeness (QED) is 0.740. The number of aliphatic hydroxyl groups excluding tert-OH is 1. The van der Waals surface area contributed by atoms with E-state index in [1.807, 2.05) is 18.2 Å². The smallest absolute Gasteiger partial charge is 0.167 e. The average Bonchev–Trinajstić information content (AvgIpc) is 2.26. The highest BCUT2D eigenvalue weighted by Gasteiger charge is 2.18. The molecule has 0 heterocycles. The van der Waals surface area contributed by atoms with Crippen LogP contribution in [-0.2, 0) is 6.42 Å². The van der Waals surface area contributed by atoms with Crippen LogP contribution >= 0.6 is 12.2 Å². The molecule has 0 aromatic heterocycles. The molecule has 1 rings (SSSR count). The molecule has 19 heavy (non-hydrogen) atoms. The Morgan fingerprint density at radius 1 is 1.26 bits per heavy atom. The molecule has 1 unspecified atom stereocenters. The molecule has 1 aromatic carbocycles. The van der Waals surface area contributed by atoms with Crippen LogP contribution in [0.4, 0.5) is 0 Å². The lowest BCUT2D eigenvalue weighted by atomic mass is 10.0. The summed E-state index contributed by atoms with van der Waals surface area (Å²) >= 11 is 5.28. The molecule has 0 radical (unpaired) electrons. The van der Waals surface area contributed by atoms with Gasteiger partial charge in [-0.15, -0.1) is 0 Å². The number of hydrogen-bond acceptors (Lipinski definition) is 2. The Morgan fingerprint density at radius 3 is 2.32 bits per heavy atom. The molecule has 0 spiro atoms. The third-order valence-corrected chi connectivity index (χ3v) is 2.91. The molecule has 0 amide bonds. The largest absolute Gasteiger partial charge is 0.391 e. The normalized spacial score (nSPS) is 14.6. The van der Waals surface area contributed by atoms with E-state index in [4.69, 9.17) is 12.2 Å². The number of thiocarbonyl (C=S) groups is 1. The minimum Gasteiger partial charge on any atom is -0.391 e. The minimum absolute atomic E-state index is 0.0833. The maximum absolute atomic E-state index is 9.87. The van der Waals surface area contributed by atoms with Crippen LogP contribution in [0.25, 0.3) is 0 Å². The third-order valence-electron chi connectivity index (χ3n) is 2.69. The maximum Gasteiger partial charge on any atom is 0.167 e. The molecule has 2 atom stereocenters. The lowest BCUT2D eigenvalue weighted by molar-refractivity contribution is 0.154. The zero-order valence-electron chi connectivity index (χ0n) is 12.1. The van der Waals surface area contributed by atoms with Crippen molar-refractivity contribution >= 4 is 17.3 Å². The summed E-state index contributed by atoms with van der Waals surface area (Å²) in [5, 5.41) is 16.8. The molecule has 0 aliphatic rings. The SMILES string of the molecule is CC(O)[C@H](Cc1ccccc1)NC(=S)NC(C)(C)C. The van der Waals surface area contributed by atoms with E-state index in [9.17, 15) is 5.11 Å². The minimum atomic E-state index is -0.472. The second-order valence-electron chi connectivity index (χ2n) is 5.89. The van der Waals surface area contributed by atoms with Crippen molar-refractivity contribution in [2.45, 2.75) is 51.8 Å². The molecule has 0 bridgehead atoms. The van der Waals surface area contributed by atoms with Crippen LogP contribution in [0, 0.1) is 0 Å². The van der Waals surface area contributed by atoms with Gasteiger partial charge in [-0.1, -0.05) is 30.3 Å². The van der Waals surface area contributed by atoms with Crippen molar-refractivity contribution in [2.75, 3.05) is 0 Å². The van der Waals surface area contributed by atoms with E-state index in [-0.39, 0.29) is 11.6 Å². The predicted octanol–water partition coefficient (Wildman–Crippen LogP) is 2.24. The summed E-state index contributed by atoms with van der Waals surface area (Å²) in [6, 6.07) is 10.00. The Morgan fingerprint density at radius 2 is 1.84 bits per heavy atom. The summed E-state index contributed by atoms with van der Waals surface area (Å²) in [4.78, 5) is 0. The second-order valence-corrected chi connectivity index (χ2v) is 6.29. The van der Waals surface area contributed by atoms with Gasteiger partial charge in [0, 0.05) is 5.54 Å². The molecule has 0 fully saturated rings. The van der Waals surface area contributed by atoms with Crippen LogP contribution in [0.1, 0.15) is 33.3 Å². The van der Waals surface area contributed by atoms with Gasteiger partial charge in [-0.2, -0.15) is 0 Å². The standard InChI is InChI=1S/C15H24N2OS/c1-11(18)13(10-12-8-6-5-7-9-12)16-14(19)17-15(2,3)4/h5-9,11,13,18H,10H2,1-4H3,(H2,16,17,19)/t11?,13-/m0/s1. The van der Waals surface area contributed by atoms with Crippen LogP contribution in [0.3, 0.4) is 0 Å². The maximum atomic E-state index is 9.87. The van der Waals surface area contributed by atoms with Gasteiger partial charge in [-0.3, -0.25) is 0 Å². The van der Waals surface area contributed by atoms with E-state index in [1.165, 1.54) is 5.56 Å². The van der Waals surface area contributed by atoms with Crippen LogP contribution in [0.15, 0.2) is 30.3 Å². The third kappa shape index (κ3) is 6.55. The Bertz CT molecular complexity index is 398. The number of benzene rings is 1. The monoisotopic (exact) mass is 280 g/mol. The van der Waals surface area contributed by atoms with Crippen LogP contribution in [0.5, 0.6) is 0 Å². The van der Waals surface area contributed by atoms with Gasteiger partial charge >= 0.3 is 0 Å². The van der Waals surface area contributed by atoms with Gasteiger partial charge in [0.25, 0.3) is 0 Å². The first-order chi connectivity index (χ1) is 8.78. The van der Waals surface area contributed by atoms with Crippen molar-refractivity contribution in [2.24, 2.45) is 0 Å². The van der Waals surface area contributed by atoms with Crippen LogP contribution in [-0.4, -0.2) is 27.9 Å². The fourth-order valence-electron chi connectivity index (χ4n) is 1.76. The first-order valence-electron chi connectivity index (χ1n) is 6.58.